The minimum absolute atomic E-state index is 0.0538. The Balaban J connectivity index is 2.03. The van der Waals surface area contributed by atoms with Gasteiger partial charge in [-0.15, -0.1) is 0 Å². The van der Waals surface area contributed by atoms with Crippen LogP contribution in [0.5, 0.6) is 0 Å². The molecule has 1 fully saturated rings. The van der Waals surface area contributed by atoms with Crippen LogP contribution in [0.25, 0.3) is 0 Å². The summed E-state index contributed by atoms with van der Waals surface area (Å²) >= 11 is 0. The summed E-state index contributed by atoms with van der Waals surface area (Å²) in [7, 11) is 0. The first kappa shape index (κ1) is 8.69. The highest BCUT2D eigenvalue weighted by molar-refractivity contribution is 4.91. The summed E-state index contributed by atoms with van der Waals surface area (Å²) in [5.41, 5.74) is 0. The van der Waals surface area contributed by atoms with Crippen LogP contribution in [0.2, 0.25) is 0 Å². The van der Waals surface area contributed by atoms with E-state index in [0.29, 0.717) is 5.89 Å². The highest BCUT2D eigenvalue weighted by Gasteiger charge is 2.23. The van der Waals surface area contributed by atoms with Crippen LogP contribution in [0.4, 0.5) is 0 Å². The molecule has 72 valence electrons. The van der Waals surface area contributed by atoms with Crippen LogP contribution in [0, 0.1) is 0 Å². The molecule has 2 heterocycles. The lowest BCUT2D eigenvalue weighted by atomic mass is 10.2. The van der Waals surface area contributed by atoms with Gasteiger partial charge in [0, 0.05) is 13.0 Å². The Morgan fingerprint density at radius 2 is 2.46 bits per heavy atom. The molecule has 0 saturated carbocycles. The van der Waals surface area contributed by atoms with Gasteiger partial charge in [-0.25, -0.2) is 0 Å². The van der Waals surface area contributed by atoms with Gasteiger partial charge in [-0.1, -0.05) is 12.1 Å². The Hall–Kier alpha value is -0.900. The lowest BCUT2D eigenvalue weighted by Gasteiger charge is -2.00. The first-order valence-corrected chi connectivity index (χ1v) is 4.84. The van der Waals surface area contributed by atoms with Crippen molar-refractivity contribution >= 4 is 0 Å². The van der Waals surface area contributed by atoms with Crippen molar-refractivity contribution in [2.24, 2.45) is 0 Å². The maximum atomic E-state index is 5.43. The molecule has 1 aromatic heterocycles. The van der Waals surface area contributed by atoms with E-state index in [2.05, 4.69) is 17.1 Å². The number of nitrogens with zero attached hydrogens (tertiary/aromatic N) is 2. The highest BCUT2D eigenvalue weighted by atomic mass is 16.5. The van der Waals surface area contributed by atoms with Crippen LogP contribution < -0.4 is 0 Å². The fourth-order valence-electron chi connectivity index (χ4n) is 1.50. The van der Waals surface area contributed by atoms with E-state index in [1.165, 1.54) is 0 Å². The zero-order valence-electron chi connectivity index (χ0n) is 7.82. The van der Waals surface area contributed by atoms with Gasteiger partial charge in [0.25, 0.3) is 5.89 Å². The summed E-state index contributed by atoms with van der Waals surface area (Å²) < 4.78 is 10.5. The van der Waals surface area contributed by atoms with Crippen molar-refractivity contribution in [3.63, 3.8) is 0 Å². The van der Waals surface area contributed by atoms with Crippen molar-refractivity contribution in [2.75, 3.05) is 6.61 Å². The second-order valence-corrected chi connectivity index (χ2v) is 3.30. The van der Waals surface area contributed by atoms with Crippen LogP contribution >= 0.6 is 0 Å². The van der Waals surface area contributed by atoms with E-state index in [1.807, 2.05) is 0 Å². The van der Waals surface area contributed by atoms with Crippen LogP contribution in [-0.2, 0) is 11.2 Å². The SMILES string of the molecule is CCCc1noc(C2CCCO2)n1. The number of aromatic nitrogens is 2. The van der Waals surface area contributed by atoms with Crippen molar-refractivity contribution in [1.29, 1.82) is 0 Å². The molecule has 1 atom stereocenters. The summed E-state index contributed by atoms with van der Waals surface area (Å²) in [6, 6.07) is 0. The number of hydrogen-bond donors (Lipinski definition) is 0. The van der Waals surface area contributed by atoms with E-state index in [-0.39, 0.29) is 6.10 Å². The Labute approximate surface area is 77.3 Å². The van der Waals surface area contributed by atoms with E-state index >= 15 is 0 Å². The molecule has 0 spiro atoms. The fourth-order valence-corrected chi connectivity index (χ4v) is 1.50. The van der Waals surface area contributed by atoms with Gasteiger partial charge in [-0.2, -0.15) is 4.98 Å². The lowest BCUT2D eigenvalue weighted by Crippen LogP contribution is -1.96. The van der Waals surface area contributed by atoms with Crippen LogP contribution in [-0.4, -0.2) is 16.7 Å². The Morgan fingerprint density at radius 3 is 3.15 bits per heavy atom. The zero-order chi connectivity index (χ0) is 9.10. The summed E-state index contributed by atoms with van der Waals surface area (Å²) in [5, 5.41) is 3.88. The van der Waals surface area contributed by atoms with Gasteiger partial charge in [0.15, 0.2) is 5.82 Å². The minimum atomic E-state index is 0.0538. The summed E-state index contributed by atoms with van der Waals surface area (Å²) in [6.45, 7) is 2.91. The molecule has 4 nitrogen and oxygen atoms in total. The molecule has 0 radical (unpaired) electrons. The largest absolute Gasteiger partial charge is 0.368 e. The van der Waals surface area contributed by atoms with Crippen LogP contribution in [0.3, 0.4) is 0 Å². The molecule has 0 N–H and O–H groups in total. The predicted molar refractivity (Wildman–Crippen MR) is 46.2 cm³/mol. The Bertz CT molecular complexity index is 266. The molecular weight excluding hydrogens is 168 g/mol. The van der Waals surface area contributed by atoms with E-state index in [1.54, 1.807) is 0 Å². The number of rotatable bonds is 3. The van der Waals surface area contributed by atoms with E-state index < -0.39 is 0 Å². The first-order chi connectivity index (χ1) is 6.40. The van der Waals surface area contributed by atoms with Crippen LogP contribution in [0.15, 0.2) is 4.52 Å². The minimum Gasteiger partial charge on any atom is -0.368 e. The van der Waals surface area contributed by atoms with E-state index in [0.717, 1.165) is 38.1 Å². The summed E-state index contributed by atoms with van der Waals surface area (Å²) in [4.78, 5) is 4.28. The second kappa shape index (κ2) is 3.87. The third-order valence-electron chi connectivity index (χ3n) is 2.16. The van der Waals surface area contributed by atoms with E-state index in [9.17, 15) is 0 Å². The van der Waals surface area contributed by atoms with Crippen molar-refractivity contribution in [2.45, 2.75) is 38.7 Å². The molecule has 1 aliphatic heterocycles. The van der Waals surface area contributed by atoms with Crippen molar-refractivity contribution in [3.8, 4) is 0 Å². The molecule has 1 aliphatic rings. The van der Waals surface area contributed by atoms with Gasteiger partial charge in [0.1, 0.15) is 6.10 Å². The molecule has 4 heteroatoms. The second-order valence-electron chi connectivity index (χ2n) is 3.30. The van der Waals surface area contributed by atoms with Gasteiger partial charge in [0.2, 0.25) is 0 Å². The number of aryl methyl sites for hydroxylation is 1. The molecule has 1 saturated heterocycles. The van der Waals surface area contributed by atoms with Gasteiger partial charge in [-0.3, -0.25) is 0 Å². The molecule has 1 aromatic rings. The average Bonchev–Trinajstić information content (AvgIpc) is 2.70. The van der Waals surface area contributed by atoms with Gasteiger partial charge < -0.3 is 9.26 Å². The molecule has 2 rings (SSSR count). The standard InChI is InChI=1S/C9H14N2O2/c1-2-4-8-10-9(13-11-8)7-5-3-6-12-7/h7H,2-6H2,1H3. The third-order valence-corrected chi connectivity index (χ3v) is 2.16. The van der Waals surface area contributed by atoms with Gasteiger partial charge in [-0.05, 0) is 19.3 Å². The topological polar surface area (TPSA) is 48.2 Å². The monoisotopic (exact) mass is 182 g/mol. The lowest BCUT2D eigenvalue weighted by molar-refractivity contribution is 0.0835. The Morgan fingerprint density at radius 1 is 1.54 bits per heavy atom. The molecule has 0 aromatic carbocycles. The van der Waals surface area contributed by atoms with E-state index in [4.69, 9.17) is 9.26 Å². The van der Waals surface area contributed by atoms with Gasteiger partial charge >= 0.3 is 0 Å². The average molecular weight is 182 g/mol. The zero-order valence-corrected chi connectivity index (χ0v) is 7.82. The third kappa shape index (κ3) is 1.88. The maximum absolute atomic E-state index is 5.43. The highest BCUT2D eigenvalue weighted by Crippen LogP contribution is 2.26. The van der Waals surface area contributed by atoms with Gasteiger partial charge in [0.05, 0.1) is 0 Å². The maximum Gasteiger partial charge on any atom is 0.255 e. The fraction of sp³-hybridized carbons (Fsp3) is 0.778. The van der Waals surface area contributed by atoms with Crippen molar-refractivity contribution in [3.05, 3.63) is 11.7 Å². The molecule has 0 aliphatic carbocycles. The molecule has 0 amide bonds. The number of hydrogen-bond acceptors (Lipinski definition) is 4. The summed E-state index contributed by atoms with van der Waals surface area (Å²) in [6.07, 6.45) is 4.09. The summed E-state index contributed by atoms with van der Waals surface area (Å²) in [5.74, 6) is 1.45. The Kier molecular flexibility index (Phi) is 2.59. The predicted octanol–water partition coefficient (Wildman–Crippen LogP) is 1.87. The van der Waals surface area contributed by atoms with Crippen LogP contribution in [0.1, 0.15) is 44.0 Å². The molecule has 1 unspecified atom stereocenters. The quantitative estimate of drug-likeness (QED) is 0.716. The molecule has 13 heavy (non-hydrogen) atoms. The molecule has 0 bridgehead atoms. The normalized spacial score (nSPS) is 22.4. The molecular formula is C9H14N2O2. The van der Waals surface area contributed by atoms with Crippen molar-refractivity contribution < 1.29 is 9.26 Å². The first-order valence-electron chi connectivity index (χ1n) is 4.84. The smallest absolute Gasteiger partial charge is 0.255 e. The van der Waals surface area contributed by atoms with Crippen molar-refractivity contribution in [1.82, 2.24) is 10.1 Å². The number of ether oxygens (including phenoxy) is 1.